The van der Waals surface area contributed by atoms with Gasteiger partial charge in [0.2, 0.25) is 11.7 Å². The van der Waals surface area contributed by atoms with E-state index in [0.717, 1.165) is 5.69 Å². The molecule has 0 aliphatic heterocycles. The van der Waals surface area contributed by atoms with Crippen LogP contribution in [0.2, 0.25) is 0 Å². The van der Waals surface area contributed by atoms with Gasteiger partial charge >= 0.3 is 0 Å². The number of nitrogens with one attached hydrogen (secondary N) is 1. The van der Waals surface area contributed by atoms with Crippen molar-refractivity contribution < 1.29 is 4.79 Å². The van der Waals surface area contributed by atoms with E-state index in [-0.39, 0.29) is 17.2 Å². The molecule has 0 saturated heterocycles. The van der Waals surface area contributed by atoms with Crippen LogP contribution in [0.3, 0.4) is 0 Å². The molecule has 0 atom stereocenters. The molecule has 3 heterocycles. The quantitative estimate of drug-likeness (QED) is 0.349. The molecule has 0 bridgehead atoms. The second-order valence-electron chi connectivity index (χ2n) is 6.91. The first-order valence-corrected chi connectivity index (χ1v) is 11.2. The van der Waals surface area contributed by atoms with Crippen molar-refractivity contribution in [3.63, 3.8) is 0 Å². The van der Waals surface area contributed by atoms with Crippen LogP contribution in [0.25, 0.3) is 16.7 Å². The third-order valence-corrected chi connectivity index (χ3v) is 6.19. The van der Waals surface area contributed by atoms with Crippen molar-refractivity contribution in [1.82, 2.24) is 24.1 Å². The molecular weight excluding hydrogens is 420 g/mol. The summed E-state index contributed by atoms with van der Waals surface area (Å²) < 4.78 is 3.33. The minimum Gasteiger partial charge on any atom is -0.301 e. The Balaban J connectivity index is 1.62. The van der Waals surface area contributed by atoms with Crippen LogP contribution >= 0.6 is 23.1 Å². The molecule has 4 rings (SSSR count). The highest BCUT2D eigenvalue weighted by molar-refractivity contribution is 7.99. The number of anilines is 1. The molecule has 10 heteroatoms. The first-order valence-electron chi connectivity index (χ1n) is 9.35. The van der Waals surface area contributed by atoms with E-state index in [2.05, 4.69) is 40.9 Å². The van der Waals surface area contributed by atoms with Crippen molar-refractivity contribution in [1.29, 1.82) is 0 Å². The fourth-order valence-corrected chi connectivity index (χ4v) is 4.64. The zero-order valence-corrected chi connectivity index (χ0v) is 18.2. The van der Waals surface area contributed by atoms with Gasteiger partial charge in [-0.25, -0.2) is 4.98 Å². The predicted molar refractivity (Wildman–Crippen MR) is 121 cm³/mol. The van der Waals surface area contributed by atoms with Crippen molar-refractivity contribution in [2.45, 2.75) is 31.5 Å². The van der Waals surface area contributed by atoms with Gasteiger partial charge < -0.3 is 5.32 Å². The average molecular weight is 441 g/mol. The van der Waals surface area contributed by atoms with E-state index in [1.807, 2.05) is 23.6 Å². The van der Waals surface area contributed by atoms with Crippen LogP contribution in [-0.2, 0) is 11.3 Å². The number of fused-ring (bicyclic) bond motifs is 3. The highest BCUT2D eigenvalue weighted by Crippen LogP contribution is 2.24. The van der Waals surface area contributed by atoms with Crippen LogP contribution in [0.15, 0.2) is 52.3 Å². The lowest BCUT2D eigenvalue weighted by molar-refractivity contribution is -0.113. The topological polar surface area (TPSA) is 94.2 Å². The largest absolute Gasteiger partial charge is 0.301 e. The summed E-state index contributed by atoms with van der Waals surface area (Å²) in [7, 11) is 0. The number of hydrogen-bond donors (Lipinski definition) is 1. The number of aromatic nitrogens is 5. The molecule has 8 nitrogen and oxygen atoms in total. The Hall–Kier alpha value is -2.98. The molecule has 0 fully saturated rings. The summed E-state index contributed by atoms with van der Waals surface area (Å²) in [6.07, 6.45) is 1.64. The third kappa shape index (κ3) is 3.75. The molecule has 30 heavy (non-hydrogen) atoms. The van der Waals surface area contributed by atoms with Gasteiger partial charge in [0.15, 0.2) is 10.3 Å². The second kappa shape index (κ2) is 8.41. The Labute approximate surface area is 180 Å². The first kappa shape index (κ1) is 20.3. The molecule has 0 aliphatic rings. The van der Waals surface area contributed by atoms with Gasteiger partial charge in [0.25, 0.3) is 5.56 Å². The summed E-state index contributed by atoms with van der Waals surface area (Å²) in [4.78, 5) is 29.7. The van der Waals surface area contributed by atoms with Crippen LogP contribution in [-0.4, -0.2) is 35.8 Å². The van der Waals surface area contributed by atoms with Crippen molar-refractivity contribution >= 4 is 50.8 Å². The van der Waals surface area contributed by atoms with Gasteiger partial charge in [-0.05, 0) is 18.1 Å². The first-order chi connectivity index (χ1) is 14.5. The molecule has 1 aromatic carbocycles. The highest BCUT2D eigenvalue weighted by Gasteiger charge is 2.17. The summed E-state index contributed by atoms with van der Waals surface area (Å²) in [5.41, 5.74) is 1.51. The Morgan fingerprint density at radius 3 is 2.87 bits per heavy atom. The normalized spacial score (nSPS) is 11.4. The number of carbonyl (C=O) groups is 1. The third-order valence-electron chi connectivity index (χ3n) is 4.48. The number of para-hydroxylation sites is 1. The fraction of sp³-hybridized carbons (Fsp3) is 0.250. The van der Waals surface area contributed by atoms with Crippen molar-refractivity contribution in [3.8, 4) is 0 Å². The Morgan fingerprint density at radius 1 is 1.33 bits per heavy atom. The van der Waals surface area contributed by atoms with Crippen LogP contribution in [0.5, 0.6) is 0 Å². The highest BCUT2D eigenvalue weighted by atomic mass is 32.2. The minimum absolute atomic E-state index is 0.145. The van der Waals surface area contributed by atoms with Crippen molar-refractivity contribution in [2.75, 3.05) is 11.1 Å². The summed E-state index contributed by atoms with van der Waals surface area (Å²) in [5.74, 6) is 0.699. The van der Waals surface area contributed by atoms with E-state index in [1.165, 1.54) is 27.7 Å². The van der Waals surface area contributed by atoms with E-state index in [1.54, 1.807) is 16.5 Å². The van der Waals surface area contributed by atoms with E-state index in [9.17, 15) is 9.59 Å². The summed E-state index contributed by atoms with van der Waals surface area (Å²) >= 11 is 2.67. The van der Waals surface area contributed by atoms with Gasteiger partial charge in [-0.3, -0.25) is 18.6 Å². The lowest BCUT2D eigenvalue weighted by atomic mass is 10.2. The minimum atomic E-state index is -0.176. The standard InChI is InChI=1S/C20H20N6O2S2/c1-4-9-25-17(28)13-7-5-6-8-15(13)26-19(25)23-24-20(26)30-11-16(27)22-18-21-14(10-29-18)12(2)3/h4-8,10,12H,1,9,11H2,2-3H3,(H,21,22,27). The number of nitrogens with zero attached hydrogens (tertiary/aromatic N) is 5. The monoisotopic (exact) mass is 440 g/mol. The zero-order chi connectivity index (χ0) is 21.3. The van der Waals surface area contributed by atoms with Crippen LogP contribution in [0, 0.1) is 0 Å². The molecule has 0 spiro atoms. The van der Waals surface area contributed by atoms with Gasteiger partial charge in [-0.1, -0.05) is 43.8 Å². The molecule has 1 amide bonds. The molecule has 0 saturated carbocycles. The Bertz CT molecular complexity index is 1300. The number of carbonyl (C=O) groups excluding carboxylic acids is 1. The average Bonchev–Trinajstić information content (AvgIpc) is 3.37. The Morgan fingerprint density at radius 2 is 2.13 bits per heavy atom. The molecule has 0 radical (unpaired) electrons. The van der Waals surface area contributed by atoms with Crippen molar-refractivity contribution in [3.05, 3.63) is 58.3 Å². The number of hydrogen-bond acceptors (Lipinski definition) is 7. The maximum Gasteiger partial charge on any atom is 0.263 e. The Kier molecular flexibility index (Phi) is 5.69. The smallest absolute Gasteiger partial charge is 0.263 e. The van der Waals surface area contributed by atoms with E-state index in [4.69, 9.17) is 0 Å². The summed E-state index contributed by atoms with van der Waals surface area (Å²) in [6.45, 7) is 8.16. The zero-order valence-electron chi connectivity index (χ0n) is 16.5. The number of amides is 1. The van der Waals surface area contributed by atoms with Crippen LogP contribution in [0.4, 0.5) is 5.13 Å². The molecule has 3 aromatic heterocycles. The molecule has 154 valence electrons. The lowest BCUT2D eigenvalue weighted by Gasteiger charge is -2.09. The number of thiazole rings is 1. The van der Waals surface area contributed by atoms with E-state index < -0.39 is 0 Å². The maximum atomic E-state index is 12.8. The number of rotatable bonds is 7. The van der Waals surface area contributed by atoms with Gasteiger partial charge in [-0.15, -0.1) is 28.1 Å². The number of allylic oxidation sites excluding steroid dienone is 1. The number of thioether (sulfide) groups is 1. The van der Waals surface area contributed by atoms with Gasteiger partial charge in [0.05, 0.1) is 22.3 Å². The van der Waals surface area contributed by atoms with Gasteiger partial charge in [0, 0.05) is 11.9 Å². The van der Waals surface area contributed by atoms with Crippen LogP contribution < -0.4 is 10.9 Å². The molecular formula is C20H20N6O2S2. The van der Waals surface area contributed by atoms with Gasteiger partial charge in [-0.2, -0.15) is 0 Å². The molecule has 0 aliphatic carbocycles. The van der Waals surface area contributed by atoms with Gasteiger partial charge in [0.1, 0.15) is 0 Å². The van der Waals surface area contributed by atoms with Crippen molar-refractivity contribution in [2.24, 2.45) is 0 Å². The van der Waals surface area contributed by atoms with Crippen LogP contribution in [0.1, 0.15) is 25.5 Å². The van der Waals surface area contributed by atoms with E-state index in [0.29, 0.717) is 39.4 Å². The summed E-state index contributed by atoms with van der Waals surface area (Å²) in [6, 6.07) is 7.29. The molecule has 1 N–H and O–H groups in total. The molecule has 0 unspecified atom stereocenters. The maximum absolute atomic E-state index is 12.8. The fourth-order valence-electron chi connectivity index (χ4n) is 3.01. The second-order valence-corrected chi connectivity index (χ2v) is 8.71. The predicted octanol–water partition coefficient (Wildman–Crippen LogP) is 3.54. The molecule has 4 aromatic rings. The van der Waals surface area contributed by atoms with E-state index >= 15 is 0 Å². The number of benzene rings is 1. The summed E-state index contributed by atoms with van der Waals surface area (Å²) in [5, 5.41) is 14.9. The SMILES string of the molecule is C=CCn1c(=O)c2ccccc2n2c(SCC(=O)Nc3nc(C(C)C)cs3)nnc12. The lowest BCUT2D eigenvalue weighted by Crippen LogP contribution is -2.22.